The van der Waals surface area contributed by atoms with Crippen molar-refractivity contribution in [2.24, 2.45) is 0 Å². The Morgan fingerprint density at radius 2 is 2.36 bits per heavy atom. The van der Waals surface area contributed by atoms with Crippen LogP contribution in [-0.4, -0.2) is 30.1 Å². The Morgan fingerprint density at radius 3 is 2.93 bits per heavy atom. The van der Waals surface area contributed by atoms with E-state index in [0.29, 0.717) is 0 Å². The first-order valence-electron chi connectivity index (χ1n) is 5.07. The third-order valence-electron chi connectivity index (χ3n) is 2.95. The van der Waals surface area contributed by atoms with E-state index in [4.69, 9.17) is 0 Å². The number of β-amino-alcohol motifs (C(OH)–C–C–N with tert-alkyl or cyclic N) is 1. The first kappa shape index (κ1) is 10.1. The number of nitrogens with zero attached hydrogens (tertiary/aromatic N) is 1. The maximum absolute atomic E-state index is 10.6. The van der Waals surface area contributed by atoms with Crippen LogP contribution in [-0.2, 0) is 5.60 Å². The maximum atomic E-state index is 10.6. The van der Waals surface area contributed by atoms with E-state index in [1.54, 1.807) is 11.3 Å². The molecule has 1 aromatic rings. The number of aliphatic hydroxyl groups is 1. The fourth-order valence-electron chi connectivity index (χ4n) is 2.28. The predicted octanol–water partition coefficient (Wildman–Crippen LogP) is 1.97. The number of hydrogen-bond acceptors (Lipinski definition) is 3. The number of rotatable bonds is 1. The number of aryl methyl sites for hydroxylation is 1. The van der Waals surface area contributed by atoms with Gasteiger partial charge in [-0.05, 0) is 50.4 Å². The van der Waals surface area contributed by atoms with Crippen LogP contribution in [0.3, 0.4) is 0 Å². The highest BCUT2D eigenvalue weighted by molar-refractivity contribution is 7.10. The molecule has 2 rings (SSSR count). The Balaban J connectivity index is 2.27. The molecule has 14 heavy (non-hydrogen) atoms. The quantitative estimate of drug-likeness (QED) is 0.767. The van der Waals surface area contributed by atoms with Gasteiger partial charge in [-0.25, -0.2) is 0 Å². The van der Waals surface area contributed by atoms with Gasteiger partial charge in [-0.15, -0.1) is 11.3 Å². The molecule has 1 atom stereocenters. The minimum Gasteiger partial charge on any atom is -0.383 e. The van der Waals surface area contributed by atoms with Gasteiger partial charge in [-0.2, -0.15) is 0 Å². The lowest BCUT2D eigenvalue weighted by Gasteiger charge is -2.37. The molecular formula is C11H17NOS. The summed E-state index contributed by atoms with van der Waals surface area (Å²) in [5, 5.41) is 12.6. The van der Waals surface area contributed by atoms with Gasteiger partial charge >= 0.3 is 0 Å². The van der Waals surface area contributed by atoms with Crippen molar-refractivity contribution in [3.8, 4) is 0 Å². The van der Waals surface area contributed by atoms with Gasteiger partial charge in [-0.1, -0.05) is 0 Å². The average Bonchev–Trinajstić information content (AvgIpc) is 2.51. The molecule has 1 fully saturated rings. The summed E-state index contributed by atoms with van der Waals surface area (Å²) in [7, 11) is 2.08. The molecule has 1 saturated heterocycles. The zero-order valence-electron chi connectivity index (χ0n) is 8.79. The van der Waals surface area contributed by atoms with Gasteiger partial charge in [0.2, 0.25) is 0 Å². The van der Waals surface area contributed by atoms with Gasteiger partial charge in [0, 0.05) is 11.4 Å². The average molecular weight is 211 g/mol. The van der Waals surface area contributed by atoms with E-state index in [-0.39, 0.29) is 0 Å². The molecule has 1 aromatic heterocycles. The maximum Gasteiger partial charge on any atom is 0.112 e. The normalized spacial score (nSPS) is 29.4. The Labute approximate surface area is 89.2 Å². The molecule has 0 spiro atoms. The molecule has 0 amide bonds. The number of likely N-dealkylation sites (N-methyl/N-ethyl adjacent to an activating group) is 1. The molecule has 78 valence electrons. The lowest BCUT2D eigenvalue weighted by Crippen LogP contribution is -2.44. The minimum atomic E-state index is -0.592. The second-order valence-electron chi connectivity index (χ2n) is 4.31. The Bertz CT molecular complexity index is 323. The summed E-state index contributed by atoms with van der Waals surface area (Å²) < 4.78 is 0. The molecule has 1 aliphatic heterocycles. The highest BCUT2D eigenvalue weighted by Crippen LogP contribution is 2.36. The van der Waals surface area contributed by atoms with Crippen LogP contribution in [0.1, 0.15) is 23.3 Å². The van der Waals surface area contributed by atoms with Gasteiger partial charge in [0.05, 0.1) is 0 Å². The summed E-state index contributed by atoms with van der Waals surface area (Å²) in [5.41, 5.74) is 0.637. The fraction of sp³-hybridized carbons (Fsp3) is 0.636. The fourth-order valence-corrected chi connectivity index (χ4v) is 3.33. The van der Waals surface area contributed by atoms with Crippen molar-refractivity contribution in [2.75, 3.05) is 20.1 Å². The van der Waals surface area contributed by atoms with Crippen molar-refractivity contribution >= 4 is 11.3 Å². The number of likely N-dealkylation sites (tertiary alicyclic amines) is 1. The summed E-state index contributed by atoms with van der Waals surface area (Å²) in [6.45, 7) is 3.96. The van der Waals surface area contributed by atoms with Crippen LogP contribution in [0.5, 0.6) is 0 Å². The summed E-state index contributed by atoms with van der Waals surface area (Å²) in [4.78, 5) is 3.37. The highest BCUT2D eigenvalue weighted by Gasteiger charge is 2.35. The molecule has 1 aliphatic rings. The molecule has 2 nitrogen and oxygen atoms in total. The molecule has 0 aliphatic carbocycles. The number of hydrogen-bond donors (Lipinski definition) is 1. The Kier molecular flexibility index (Phi) is 2.64. The lowest BCUT2D eigenvalue weighted by atomic mass is 9.90. The Hall–Kier alpha value is -0.380. The zero-order valence-corrected chi connectivity index (χ0v) is 9.60. The van der Waals surface area contributed by atoms with Crippen molar-refractivity contribution in [3.63, 3.8) is 0 Å². The van der Waals surface area contributed by atoms with Crippen molar-refractivity contribution in [2.45, 2.75) is 25.4 Å². The molecule has 2 heterocycles. The summed E-state index contributed by atoms with van der Waals surface area (Å²) >= 11 is 1.68. The van der Waals surface area contributed by atoms with Crippen LogP contribution >= 0.6 is 11.3 Å². The molecule has 0 saturated carbocycles. The first-order valence-corrected chi connectivity index (χ1v) is 5.95. The summed E-state index contributed by atoms with van der Waals surface area (Å²) in [5.74, 6) is 0. The molecule has 1 N–H and O–H groups in total. The van der Waals surface area contributed by atoms with Crippen LogP contribution in [0.2, 0.25) is 0 Å². The monoisotopic (exact) mass is 211 g/mol. The van der Waals surface area contributed by atoms with Gasteiger partial charge in [0.1, 0.15) is 5.60 Å². The Morgan fingerprint density at radius 1 is 1.57 bits per heavy atom. The van der Waals surface area contributed by atoms with E-state index in [2.05, 4.69) is 30.3 Å². The second-order valence-corrected chi connectivity index (χ2v) is 5.22. The van der Waals surface area contributed by atoms with E-state index in [1.807, 2.05) is 0 Å². The summed E-state index contributed by atoms with van der Waals surface area (Å²) in [6, 6.07) is 2.09. The van der Waals surface area contributed by atoms with Gasteiger partial charge in [-0.3, -0.25) is 0 Å². The van der Waals surface area contributed by atoms with Crippen molar-refractivity contribution in [1.29, 1.82) is 0 Å². The smallest absolute Gasteiger partial charge is 0.112 e. The van der Waals surface area contributed by atoms with E-state index in [1.165, 1.54) is 5.56 Å². The van der Waals surface area contributed by atoms with Gasteiger partial charge in [0.25, 0.3) is 0 Å². The van der Waals surface area contributed by atoms with Crippen LogP contribution in [0.15, 0.2) is 11.4 Å². The first-order chi connectivity index (χ1) is 6.62. The third-order valence-corrected chi connectivity index (χ3v) is 4.16. The van der Waals surface area contributed by atoms with Crippen LogP contribution < -0.4 is 0 Å². The van der Waals surface area contributed by atoms with Crippen LogP contribution in [0.25, 0.3) is 0 Å². The molecular weight excluding hydrogens is 194 g/mol. The largest absolute Gasteiger partial charge is 0.383 e. The van der Waals surface area contributed by atoms with Gasteiger partial charge in [0.15, 0.2) is 0 Å². The molecule has 1 unspecified atom stereocenters. The van der Waals surface area contributed by atoms with E-state index < -0.39 is 5.60 Å². The topological polar surface area (TPSA) is 23.5 Å². The predicted molar refractivity (Wildman–Crippen MR) is 59.7 cm³/mol. The molecule has 3 heteroatoms. The van der Waals surface area contributed by atoms with Crippen molar-refractivity contribution < 1.29 is 5.11 Å². The molecule has 0 bridgehead atoms. The van der Waals surface area contributed by atoms with Crippen molar-refractivity contribution in [1.82, 2.24) is 4.90 Å². The van der Waals surface area contributed by atoms with E-state index >= 15 is 0 Å². The SMILES string of the molecule is Cc1ccsc1C1(O)CCCN(C)C1. The van der Waals surface area contributed by atoms with E-state index in [0.717, 1.165) is 30.8 Å². The zero-order chi connectivity index (χ0) is 10.2. The standard InChI is InChI=1S/C11H17NOS/c1-9-4-7-14-10(9)11(13)5-3-6-12(2)8-11/h4,7,13H,3,5-6,8H2,1-2H3. The third kappa shape index (κ3) is 1.72. The van der Waals surface area contributed by atoms with Crippen LogP contribution in [0, 0.1) is 6.92 Å². The lowest BCUT2D eigenvalue weighted by molar-refractivity contribution is -0.0252. The molecule has 0 aromatic carbocycles. The number of thiophene rings is 1. The molecule has 0 radical (unpaired) electrons. The summed E-state index contributed by atoms with van der Waals surface area (Å²) in [6.07, 6.45) is 1.99. The highest BCUT2D eigenvalue weighted by atomic mass is 32.1. The van der Waals surface area contributed by atoms with E-state index in [9.17, 15) is 5.11 Å². The van der Waals surface area contributed by atoms with Crippen molar-refractivity contribution in [3.05, 3.63) is 21.9 Å². The van der Waals surface area contributed by atoms with Crippen LogP contribution in [0.4, 0.5) is 0 Å². The van der Waals surface area contributed by atoms with Gasteiger partial charge < -0.3 is 10.0 Å². The second kappa shape index (κ2) is 3.65. The number of piperidine rings is 1. The minimum absolute atomic E-state index is 0.592.